The van der Waals surface area contributed by atoms with E-state index in [1.54, 1.807) is 0 Å². The summed E-state index contributed by atoms with van der Waals surface area (Å²) in [5.41, 5.74) is 9.45. The molecule has 0 fully saturated rings. The lowest BCUT2D eigenvalue weighted by molar-refractivity contribution is 0.836. The van der Waals surface area contributed by atoms with Gasteiger partial charge in [-0.15, -0.1) is 0 Å². The molecule has 0 radical (unpaired) electrons. The SMILES string of the molecule is CC(C)c1ccc(N)c(C(C)C)c1. The molecule has 0 aliphatic rings. The molecule has 0 bridgehead atoms. The Bertz CT molecular complexity index is 287. The van der Waals surface area contributed by atoms with Crippen molar-refractivity contribution in [2.24, 2.45) is 0 Å². The highest BCUT2D eigenvalue weighted by Crippen LogP contribution is 2.25. The summed E-state index contributed by atoms with van der Waals surface area (Å²) < 4.78 is 0. The molecule has 1 rings (SSSR count). The van der Waals surface area contributed by atoms with Crippen molar-refractivity contribution in [2.45, 2.75) is 39.5 Å². The van der Waals surface area contributed by atoms with Gasteiger partial charge in [0.15, 0.2) is 0 Å². The Morgan fingerprint density at radius 1 is 1.00 bits per heavy atom. The van der Waals surface area contributed by atoms with Crippen LogP contribution in [0.4, 0.5) is 5.69 Å². The van der Waals surface area contributed by atoms with Crippen molar-refractivity contribution in [1.82, 2.24) is 0 Å². The minimum Gasteiger partial charge on any atom is -0.398 e. The van der Waals surface area contributed by atoms with Crippen molar-refractivity contribution >= 4 is 5.69 Å². The molecule has 1 nitrogen and oxygen atoms in total. The number of anilines is 1. The summed E-state index contributed by atoms with van der Waals surface area (Å²) in [6, 6.07) is 6.36. The molecule has 1 aromatic carbocycles. The molecule has 0 heterocycles. The normalized spacial score (nSPS) is 11.2. The molecular weight excluding hydrogens is 158 g/mol. The van der Waals surface area contributed by atoms with E-state index in [9.17, 15) is 0 Å². The van der Waals surface area contributed by atoms with E-state index in [4.69, 9.17) is 5.73 Å². The summed E-state index contributed by atoms with van der Waals surface area (Å²) in [5, 5.41) is 0. The maximum Gasteiger partial charge on any atom is 0.0349 e. The highest BCUT2D eigenvalue weighted by atomic mass is 14.6. The van der Waals surface area contributed by atoms with Crippen LogP contribution in [-0.4, -0.2) is 0 Å². The van der Waals surface area contributed by atoms with E-state index in [0.717, 1.165) is 5.69 Å². The van der Waals surface area contributed by atoms with Gasteiger partial charge < -0.3 is 5.73 Å². The molecule has 0 aliphatic heterocycles. The number of rotatable bonds is 2. The van der Waals surface area contributed by atoms with Crippen molar-refractivity contribution in [2.75, 3.05) is 5.73 Å². The second-order valence-electron chi connectivity index (χ2n) is 4.20. The lowest BCUT2D eigenvalue weighted by atomic mass is 9.94. The van der Waals surface area contributed by atoms with Gasteiger partial charge in [-0.1, -0.05) is 39.8 Å². The van der Waals surface area contributed by atoms with Crippen LogP contribution in [0.3, 0.4) is 0 Å². The maximum absolute atomic E-state index is 5.89. The molecule has 0 atom stereocenters. The predicted molar refractivity (Wildman–Crippen MR) is 59.0 cm³/mol. The van der Waals surface area contributed by atoms with Crippen LogP contribution in [-0.2, 0) is 0 Å². The van der Waals surface area contributed by atoms with Crippen molar-refractivity contribution in [1.29, 1.82) is 0 Å². The summed E-state index contributed by atoms with van der Waals surface area (Å²) in [6.07, 6.45) is 0. The van der Waals surface area contributed by atoms with E-state index in [2.05, 4.69) is 39.8 Å². The summed E-state index contributed by atoms with van der Waals surface area (Å²) in [5.74, 6) is 1.09. The van der Waals surface area contributed by atoms with E-state index in [0.29, 0.717) is 11.8 Å². The fourth-order valence-corrected chi connectivity index (χ4v) is 1.45. The Morgan fingerprint density at radius 3 is 2.08 bits per heavy atom. The van der Waals surface area contributed by atoms with Crippen molar-refractivity contribution < 1.29 is 0 Å². The van der Waals surface area contributed by atoms with E-state index in [1.807, 2.05) is 6.07 Å². The quantitative estimate of drug-likeness (QED) is 0.687. The molecule has 1 aromatic rings. The van der Waals surface area contributed by atoms with Gasteiger partial charge >= 0.3 is 0 Å². The van der Waals surface area contributed by atoms with E-state index in [1.165, 1.54) is 11.1 Å². The number of nitrogens with two attached hydrogens (primary N) is 1. The molecule has 0 saturated carbocycles. The minimum absolute atomic E-state index is 0.513. The fraction of sp³-hybridized carbons (Fsp3) is 0.500. The average molecular weight is 177 g/mol. The minimum atomic E-state index is 0.513. The van der Waals surface area contributed by atoms with Crippen molar-refractivity contribution in [3.05, 3.63) is 29.3 Å². The third kappa shape index (κ3) is 2.24. The number of hydrogen-bond donors (Lipinski definition) is 1. The molecule has 1 heteroatoms. The van der Waals surface area contributed by atoms with Crippen LogP contribution < -0.4 is 5.73 Å². The van der Waals surface area contributed by atoms with Gasteiger partial charge in [0, 0.05) is 5.69 Å². The first-order valence-corrected chi connectivity index (χ1v) is 4.91. The molecular formula is C12H19N. The summed E-state index contributed by atoms with van der Waals surface area (Å²) in [7, 11) is 0. The molecule has 72 valence electrons. The van der Waals surface area contributed by atoms with Crippen LogP contribution in [0.5, 0.6) is 0 Å². The Hall–Kier alpha value is -0.980. The summed E-state index contributed by atoms with van der Waals surface area (Å²) >= 11 is 0. The van der Waals surface area contributed by atoms with Gasteiger partial charge in [-0.25, -0.2) is 0 Å². The Labute approximate surface area is 81.0 Å². The molecule has 0 aliphatic carbocycles. The number of nitrogen functional groups attached to an aromatic ring is 1. The molecule has 0 unspecified atom stereocenters. The highest BCUT2D eigenvalue weighted by molar-refractivity contribution is 5.50. The highest BCUT2D eigenvalue weighted by Gasteiger charge is 2.06. The first-order valence-electron chi connectivity index (χ1n) is 4.91. The van der Waals surface area contributed by atoms with Crippen molar-refractivity contribution in [3.8, 4) is 0 Å². The fourth-order valence-electron chi connectivity index (χ4n) is 1.45. The molecule has 13 heavy (non-hydrogen) atoms. The predicted octanol–water partition coefficient (Wildman–Crippen LogP) is 3.52. The van der Waals surface area contributed by atoms with E-state index in [-0.39, 0.29) is 0 Å². The zero-order valence-electron chi connectivity index (χ0n) is 8.96. The topological polar surface area (TPSA) is 26.0 Å². The third-order valence-corrected chi connectivity index (χ3v) is 2.40. The Morgan fingerprint density at radius 2 is 1.62 bits per heavy atom. The standard InChI is InChI=1S/C12H19N/c1-8(2)10-5-6-12(13)11(7-10)9(3)4/h5-9H,13H2,1-4H3. The Balaban J connectivity index is 3.11. The van der Waals surface area contributed by atoms with Gasteiger partial charge in [-0.3, -0.25) is 0 Å². The molecule has 2 N–H and O–H groups in total. The molecule has 0 spiro atoms. The molecule has 0 amide bonds. The van der Waals surface area contributed by atoms with Crippen LogP contribution in [0, 0.1) is 0 Å². The smallest absolute Gasteiger partial charge is 0.0349 e. The lowest BCUT2D eigenvalue weighted by Gasteiger charge is -2.13. The van der Waals surface area contributed by atoms with Crippen LogP contribution in [0.15, 0.2) is 18.2 Å². The van der Waals surface area contributed by atoms with Gasteiger partial charge in [0.05, 0.1) is 0 Å². The van der Waals surface area contributed by atoms with Crippen LogP contribution in [0.25, 0.3) is 0 Å². The van der Waals surface area contributed by atoms with Crippen molar-refractivity contribution in [3.63, 3.8) is 0 Å². The monoisotopic (exact) mass is 177 g/mol. The lowest BCUT2D eigenvalue weighted by Crippen LogP contribution is -1.98. The van der Waals surface area contributed by atoms with Gasteiger partial charge in [0.1, 0.15) is 0 Å². The average Bonchev–Trinajstić information content (AvgIpc) is 2.04. The summed E-state index contributed by atoms with van der Waals surface area (Å²) in [6.45, 7) is 8.76. The first kappa shape index (κ1) is 10.1. The van der Waals surface area contributed by atoms with E-state index < -0.39 is 0 Å². The number of benzene rings is 1. The van der Waals surface area contributed by atoms with Crippen LogP contribution >= 0.6 is 0 Å². The first-order chi connectivity index (χ1) is 6.02. The zero-order valence-corrected chi connectivity index (χ0v) is 8.96. The van der Waals surface area contributed by atoms with Gasteiger partial charge in [0.2, 0.25) is 0 Å². The summed E-state index contributed by atoms with van der Waals surface area (Å²) in [4.78, 5) is 0. The van der Waals surface area contributed by atoms with Crippen LogP contribution in [0.2, 0.25) is 0 Å². The largest absolute Gasteiger partial charge is 0.398 e. The molecule has 0 saturated heterocycles. The molecule has 0 aromatic heterocycles. The second-order valence-corrected chi connectivity index (χ2v) is 4.20. The van der Waals surface area contributed by atoms with Gasteiger partial charge in [-0.2, -0.15) is 0 Å². The van der Waals surface area contributed by atoms with Gasteiger partial charge in [0.25, 0.3) is 0 Å². The van der Waals surface area contributed by atoms with E-state index >= 15 is 0 Å². The maximum atomic E-state index is 5.89. The van der Waals surface area contributed by atoms with Crippen LogP contribution in [0.1, 0.15) is 50.7 Å². The number of hydrogen-bond acceptors (Lipinski definition) is 1. The third-order valence-electron chi connectivity index (χ3n) is 2.40. The Kier molecular flexibility index (Phi) is 2.97. The second kappa shape index (κ2) is 3.82. The van der Waals surface area contributed by atoms with Gasteiger partial charge in [-0.05, 0) is 29.0 Å². The zero-order chi connectivity index (χ0) is 10.0.